The lowest BCUT2D eigenvalue weighted by molar-refractivity contribution is -0.132. The molecule has 7 heteroatoms. The van der Waals surface area contributed by atoms with E-state index in [4.69, 9.17) is 0 Å². The minimum atomic E-state index is -0.0440. The van der Waals surface area contributed by atoms with Crippen LogP contribution in [0.3, 0.4) is 0 Å². The zero-order valence-electron chi connectivity index (χ0n) is 16.4. The third-order valence-corrected chi connectivity index (χ3v) is 4.84. The van der Waals surface area contributed by atoms with E-state index in [1.54, 1.807) is 0 Å². The van der Waals surface area contributed by atoms with Gasteiger partial charge in [0.05, 0.1) is 12.1 Å². The van der Waals surface area contributed by atoms with Crippen LogP contribution in [0.15, 0.2) is 30.5 Å². The van der Waals surface area contributed by atoms with Crippen molar-refractivity contribution in [2.45, 2.75) is 13.3 Å². The first-order valence-electron chi connectivity index (χ1n) is 9.56. The third-order valence-electron chi connectivity index (χ3n) is 4.84. The molecule has 2 amide bonds. The number of amides is 2. The molecule has 1 saturated heterocycles. The van der Waals surface area contributed by atoms with E-state index in [9.17, 15) is 9.59 Å². The Morgan fingerprint density at radius 3 is 2.44 bits per heavy atom. The molecule has 3 heterocycles. The van der Waals surface area contributed by atoms with Crippen LogP contribution in [-0.2, 0) is 4.79 Å². The van der Waals surface area contributed by atoms with Crippen molar-refractivity contribution in [2.24, 2.45) is 0 Å². The number of anilines is 1. The van der Waals surface area contributed by atoms with Crippen molar-refractivity contribution in [3.8, 4) is 0 Å². The lowest BCUT2D eigenvalue weighted by atomic mass is 10.2. The molecule has 0 unspecified atom stereocenters. The molecule has 2 aromatic heterocycles. The quantitative estimate of drug-likeness (QED) is 0.831. The van der Waals surface area contributed by atoms with E-state index in [0.717, 1.165) is 43.9 Å². The van der Waals surface area contributed by atoms with Crippen LogP contribution in [0.1, 0.15) is 23.7 Å². The minimum absolute atomic E-state index is 0.0440. The number of hydrogen-bond donors (Lipinski definition) is 1. The predicted molar refractivity (Wildman–Crippen MR) is 107 cm³/mol. The van der Waals surface area contributed by atoms with Crippen LogP contribution in [0.4, 0.5) is 5.82 Å². The molecule has 0 bridgehead atoms. The Morgan fingerprint density at radius 1 is 1.07 bits per heavy atom. The molecule has 7 nitrogen and oxygen atoms in total. The topological polar surface area (TPSA) is 60.3 Å². The number of rotatable bonds is 6. The second-order valence-corrected chi connectivity index (χ2v) is 7.27. The number of nitrogens with zero attached hydrogens (tertiary/aromatic N) is 4. The Morgan fingerprint density at radius 2 is 1.78 bits per heavy atom. The highest BCUT2D eigenvalue weighted by Crippen LogP contribution is 2.22. The molecule has 3 rings (SSSR count). The summed E-state index contributed by atoms with van der Waals surface area (Å²) in [4.78, 5) is 30.6. The molecular weight excluding hydrogens is 342 g/mol. The van der Waals surface area contributed by atoms with Gasteiger partial charge in [-0.1, -0.05) is 6.92 Å². The first-order valence-corrected chi connectivity index (χ1v) is 9.56. The van der Waals surface area contributed by atoms with Crippen LogP contribution in [0.5, 0.6) is 0 Å². The Labute approximate surface area is 160 Å². The number of carbonyl (C=O) groups excluding carboxylic acids is 2. The van der Waals surface area contributed by atoms with E-state index in [1.165, 1.54) is 0 Å². The Bertz CT molecular complexity index is 806. The first-order chi connectivity index (χ1) is 13.0. The Balaban J connectivity index is 1.72. The summed E-state index contributed by atoms with van der Waals surface area (Å²) < 4.78 is 2.07. The van der Waals surface area contributed by atoms with Gasteiger partial charge in [0.2, 0.25) is 5.91 Å². The fourth-order valence-corrected chi connectivity index (χ4v) is 3.37. The van der Waals surface area contributed by atoms with E-state index in [1.807, 2.05) is 49.1 Å². The maximum atomic E-state index is 12.3. The van der Waals surface area contributed by atoms with Crippen molar-refractivity contribution in [1.82, 2.24) is 19.5 Å². The molecule has 1 fully saturated rings. The minimum Gasteiger partial charge on any atom is -0.354 e. The van der Waals surface area contributed by atoms with Crippen LogP contribution in [0.2, 0.25) is 0 Å². The Hall–Kier alpha value is -2.54. The van der Waals surface area contributed by atoms with Crippen LogP contribution in [-0.4, -0.2) is 79.4 Å². The molecule has 0 radical (unpaired) electrons. The van der Waals surface area contributed by atoms with Gasteiger partial charge in [-0.3, -0.25) is 9.59 Å². The number of fused-ring (bicyclic) bond motifs is 1. The van der Waals surface area contributed by atoms with Crippen molar-refractivity contribution in [2.75, 3.05) is 58.3 Å². The van der Waals surface area contributed by atoms with Gasteiger partial charge < -0.3 is 24.4 Å². The standard InChI is InChI=1S/C20H29N5O2/c1-4-9-21-20(27)16-5-6-17-7-8-18(25(17)14-16)23-10-12-24(13-11-23)19(26)15-22(2)3/h5-8,14H,4,9-13,15H2,1-3H3,(H,21,27). The highest BCUT2D eigenvalue weighted by Gasteiger charge is 2.23. The van der Waals surface area contributed by atoms with Crippen molar-refractivity contribution in [3.63, 3.8) is 0 Å². The van der Waals surface area contributed by atoms with E-state index >= 15 is 0 Å². The number of aromatic nitrogens is 1. The zero-order chi connectivity index (χ0) is 19.4. The smallest absolute Gasteiger partial charge is 0.252 e. The van der Waals surface area contributed by atoms with Gasteiger partial charge in [0.15, 0.2) is 0 Å². The fourth-order valence-electron chi connectivity index (χ4n) is 3.37. The van der Waals surface area contributed by atoms with Crippen molar-refractivity contribution >= 4 is 23.1 Å². The number of hydrogen-bond acceptors (Lipinski definition) is 4. The van der Waals surface area contributed by atoms with Crippen LogP contribution >= 0.6 is 0 Å². The molecule has 0 saturated carbocycles. The monoisotopic (exact) mass is 371 g/mol. The summed E-state index contributed by atoms with van der Waals surface area (Å²) >= 11 is 0. The van der Waals surface area contributed by atoms with Gasteiger partial charge in [-0.15, -0.1) is 0 Å². The number of likely N-dealkylation sites (N-methyl/N-ethyl adjacent to an activating group) is 1. The van der Waals surface area contributed by atoms with Crippen molar-refractivity contribution in [1.29, 1.82) is 0 Å². The van der Waals surface area contributed by atoms with E-state index in [-0.39, 0.29) is 11.8 Å². The van der Waals surface area contributed by atoms with E-state index in [2.05, 4.69) is 26.8 Å². The zero-order valence-corrected chi connectivity index (χ0v) is 16.4. The lowest BCUT2D eigenvalue weighted by Crippen LogP contribution is -2.51. The molecule has 1 aliphatic heterocycles. The molecule has 0 aliphatic carbocycles. The summed E-state index contributed by atoms with van der Waals surface area (Å²) in [7, 11) is 3.82. The first kappa shape index (κ1) is 19.2. The number of carbonyl (C=O) groups is 2. The molecule has 2 aromatic rings. The van der Waals surface area contributed by atoms with Crippen molar-refractivity contribution < 1.29 is 9.59 Å². The molecule has 27 heavy (non-hydrogen) atoms. The van der Waals surface area contributed by atoms with Gasteiger partial charge in [-0.25, -0.2) is 0 Å². The van der Waals surface area contributed by atoms with Crippen molar-refractivity contribution in [3.05, 3.63) is 36.0 Å². The molecule has 1 aliphatic rings. The molecule has 0 atom stereocenters. The third kappa shape index (κ3) is 4.42. The molecule has 0 aromatic carbocycles. The maximum absolute atomic E-state index is 12.3. The summed E-state index contributed by atoms with van der Waals surface area (Å²) in [6.45, 7) is 6.18. The normalized spacial score (nSPS) is 14.8. The summed E-state index contributed by atoms with van der Waals surface area (Å²) in [5, 5.41) is 2.92. The molecular formula is C20H29N5O2. The van der Waals surface area contributed by atoms with E-state index < -0.39 is 0 Å². The Kier molecular flexibility index (Phi) is 6.01. The number of piperazine rings is 1. The molecule has 1 N–H and O–H groups in total. The van der Waals surface area contributed by atoms with Crippen LogP contribution < -0.4 is 10.2 Å². The largest absolute Gasteiger partial charge is 0.354 e. The number of pyridine rings is 1. The van der Waals surface area contributed by atoms with Crippen LogP contribution in [0, 0.1) is 0 Å². The van der Waals surface area contributed by atoms with Crippen LogP contribution in [0.25, 0.3) is 5.52 Å². The average molecular weight is 371 g/mol. The van der Waals surface area contributed by atoms with Gasteiger partial charge in [0, 0.05) is 44.4 Å². The second-order valence-electron chi connectivity index (χ2n) is 7.27. The SMILES string of the molecule is CCCNC(=O)c1ccc2ccc(N3CCN(C(=O)CN(C)C)CC3)n2c1. The van der Waals surface area contributed by atoms with Gasteiger partial charge in [0.1, 0.15) is 5.82 Å². The highest BCUT2D eigenvalue weighted by molar-refractivity contribution is 5.94. The van der Waals surface area contributed by atoms with Gasteiger partial charge in [-0.2, -0.15) is 0 Å². The summed E-state index contributed by atoms with van der Waals surface area (Å²) in [5.74, 6) is 1.20. The van der Waals surface area contributed by atoms with Gasteiger partial charge in [-0.05, 0) is 44.8 Å². The highest BCUT2D eigenvalue weighted by atomic mass is 16.2. The maximum Gasteiger partial charge on any atom is 0.252 e. The average Bonchev–Trinajstić information content (AvgIpc) is 3.08. The second kappa shape index (κ2) is 8.43. The van der Waals surface area contributed by atoms with E-state index in [0.29, 0.717) is 18.7 Å². The molecule has 0 spiro atoms. The summed E-state index contributed by atoms with van der Waals surface area (Å²) in [6.07, 6.45) is 2.82. The van der Waals surface area contributed by atoms with Gasteiger partial charge >= 0.3 is 0 Å². The summed E-state index contributed by atoms with van der Waals surface area (Å²) in [5.41, 5.74) is 1.72. The molecule has 146 valence electrons. The predicted octanol–water partition coefficient (Wildman–Crippen LogP) is 1.29. The number of nitrogens with one attached hydrogen (secondary N) is 1. The van der Waals surface area contributed by atoms with Gasteiger partial charge in [0.25, 0.3) is 5.91 Å². The lowest BCUT2D eigenvalue weighted by Gasteiger charge is -2.36. The summed E-state index contributed by atoms with van der Waals surface area (Å²) in [6, 6.07) is 7.98. The fraction of sp³-hybridized carbons (Fsp3) is 0.500.